The number of hydrogen-bond donors (Lipinski definition) is 0. The van der Waals surface area contributed by atoms with Crippen LogP contribution in [0.2, 0.25) is 0 Å². The Labute approximate surface area is 220 Å². The molecule has 0 unspecified atom stereocenters. The van der Waals surface area contributed by atoms with Crippen molar-refractivity contribution in [1.82, 2.24) is 4.57 Å². The summed E-state index contributed by atoms with van der Waals surface area (Å²) < 4.78 is 3.87. The van der Waals surface area contributed by atoms with Crippen LogP contribution in [0.3, 0.4) is 0 Å². The highest BCUT2D eigenvalue weighted by molar-refractivity contribution is 7.23. The summed E-state index contributed by atoms with van der Waals surface area (Å²) >= 11 is 1.96. The third-order valence-electron chi connectivity index (χ3n) is 8.17. The third-order valence-corrected chi connectivity index (χ3v) is 9.42. The molecule has 5 aromatic carbocycles. The summed E-state index contributed by atoms with van der Waals surface area (Å²) in [5, 5.41) is 4.01. The first-order chi connectivity index (χ1) is 18.1. The molecule has 0 amide bonds. The summed E-state index contributed by atoms with van der Waals surface area (Å²) in [4.78, 5) is 1.43. The first-order valence-electron chi connectivity index (χ1n) is 12.9. The van der Waals surface area contributed by atoms with Gasteiger partial charge in [0.25, 0.3) is 0 Å². The zero-order valence-electron chi connectivity index (χ0n) is 20.8. The molecule has 0 N–H and O–H groups in total. The maximum atomic E-state index is 2.49. The van der Waals surface area contributed by atoms with Crippen molar-refractivity contribution in [3.05, 3.63) is 126 Å². The minimum Gasteiger partial charge on any atom is -0.308 e. The summed E-state index contributed by atoms with van der Waals surface area (Å²) in [5.41, 5.74) is 10.5. The van der Waals surface area contributed by atoms with Crippen LogP contribution in [0.15, 0.2) is 115 Å². The van der Waals surface area contributed by atoms with Crippen LogP contribution >= 0.6 is 11.3 Å². The molecule has 7 aromatic rings. The van der Waals surface area contributed by atoms with Crippen molar-refractivity contribution < 1.29 is 0 Å². The molecule has 0 atom stereocenters. The van der Waals surface area contributed by atoms with Crippen LogP contribution in [-0.2, 0) is 5.41 Å². The van der Waals surface area contributed by atoms with Crippen molar-refractivity contribution in [2.45, 2.75) is 19.3 Å². The average molecular weight is 492 g/mol. The molecule has 0 spiro atoms. The molecule has 2 aromatic heterocycles. The number of nitrogens with zero attached hydrogens (tertiary/aromatic N) is 1. The maximum Gasteiger partial charge on any atom is 0.0719 e. The van der Waals surface area contributed by atoms with Gasteiger partial charge in [-0.1, -0.05) is 111 Å². The normalized spacial score (nSPS) is 13.9. The standard InChI is InChI=1S/C35H25NS/c1-35(2)29-17-8-6-16-27(29)33-31(35)28-20-19-26-25-15-7-9-18-30(25)36(32(26)34(28)37-33)24-14-10-13-23(21-24)22-11-4-3-5-12-22/h3-21H,1-2H3. The first-order valence-corrected chi connectivity index (χ1v) is 13.7. The highest BCUT2D eigenvalue weighted by atomic mass is 32.1. The van der Waals surface area contributed by atoms with E-state index < -0.39 is 0 Å². The summed E-state index contributed by atoms with van der Waals surface area (Å²) in [7, 11) is 0. The van der Waals surface area contributed by atoms with E-state index in [1.54, 1.807) is 0 Å². The van der Waals surface area contributed by atoms with Crippen LogP contribution in [0.4, 0.5) is 0 Å². The number of fused-ring (bicyclic) bond motifs is 9. The molecule has 2 heteroatoms. The minimum atomic E-state index is -0.0120. The fourth-order valence-electron chi connectivity index (χ4n) is 6.50. The van der Waals surface area contributed by atoms with Gasteiger partial charge in [0.15, 0.2) is 0 Å². The van der Waals surface area contributed by atoms with Crippen LogP contribution in [0.5, 0.6) is 0 Å². The molecule has 0 saturated heterocycles. The van der Waals surface area contributed by atoms with Crippen LogP contribution in [-0.4, -0.2) is 4.57 Å². The lowest BCUT2D eigenvalue weighted by Crippen LogP contribution is -2.14. The van der Waals surface area contributed by atoms with Crippen molar-refractivity contribution in [3.8, 4) is 27.3 Å². The van der Waals surface area contributed by atoms with E-state index in [-0.39, 0.29) is 5.41 Å². The van der Waals surface area contributed by atoms with Crippen molar-refractivity contribution in [3.63, 3.8) is 0 Å². The van der Waals surface area contributed by atoms with Gasteiger partial charge in [-0.3, -0.25) is 0 Å². The smallest absolute Gasteiger partial charge is 0.0719 e. The quantitative estimate of drug-likeness (QED) is 0.227. The van der Waals surface area contributed by atoms with Crippen LogP contribution in [0.1, 0.15) is 25.0 Å². The zero-order valence-corrected chi connectivity index (χ0v) is 21.6. The Morgan fingerprint density at radius 1 is 0.622 bits per heavy atom. The molecule has 1 aliphatic rings. The van der Waals surface area contributed by atoms with Gasteiger partial charge in [0.1, 0.15) is 0 Å². The van der Waals surface area contributed by atoms with Gasteiger partial charge in [-0.15, -0.1) is 11.3 Å². The fourth-order valence-corrected chi connectivity index (χ4v) is 8.03. The Kier molecular flexibility index (Phi) is 4.22. The molecule has 1 nitrogen and oxygen atoms in total. The van der Waals surface area contributed by atoms with Crippen molar-refractivity contribution in [2.24, 2.45) is 0 Å². The summed E-state index contributed by atoms with van der Waals surface area (Å²) in [6.45, 7) is 4.76. The van der Waals surface area contributed by atoms with Crippen LogP contribution < -0.4 is 0 Å². The SMILES string of the molecule is CC1(C)c2ccccc2-c2sc3c(ccc4c5ccccc5n(-c5cccc(-c6ccccc6)c5)c43)c21. The van der Waals surface area contributed by atoms with Gasteiger partial charge in [-0.05, 0) is 51.4 Å². The average Bonchev–Trinajstić information content (AvgIpc) is 3.56. The monoisotopic (exact) mass is 491 g/mol. The van der Waals surface area contributed by atoms with E-state index in [0.29, 0.717) is 0 Å². The predicted molar refractivity (Wildman–Crippen MR) is 159 cm³/mol. The molecule has 0 bridgehead atoms. The molecule has 2 heterocycles. The summed E-state index contributed by atoms with van der Waals surface area (Å²) in [5.74, 6) is 0. The Balaban J connectivity index is 1.49. The Morgan fingerprint density at radius 2 is 1.35 bits per heavy atom. The van der Waals surface area contributed by atoms with Crippen molar-refractivity contribution in [1.29, 1.82) is 0 Å². The van der Waals surface area contributed by atoms with Gasteiger partial charge in [0.05, 0.1) is 15.7 Å². The molecule has 0 radical (unpaired) electrons. The van der Waals surface area contributed by atoms with Crippen molar-refractivity contribution in [2.75, 3.05) is 0 Å². The fraction of sp³-hybridized carbons (Fsp3) is 0.0857. The highest BCUT2D eigenvalue weighted by Gasteiger charge is 2.39. The van der Waals surface area contributed by atoms with Gasteiger partial charge in [0.2, 0.25) is 0 Å². The lowest BCUT2D eigenvalue weighted by molar-refractivity contribution is 0.667. The van der Waals surface area contributed by atoms with Gasteiger partial charge < -0.3 is 4.57 Å². The number of aromatic nitrogens is 1. The molecule has 1 aliphatic carbocycles. The molecule has 37 heavy (non-hydrogen) atoms. The second-order valence-electron chi connectivity index (χ2n) is 10.6. The van der Waals surface area contributed by atoms with E-state index >= 15 is 0 Å². The highest BCUT2D eigenvalue weighted by Crippen LogP contribution is 2.56. The number of hydrogen-bond acceptors (Lipinski definition) is 1. The Bertz CT molecular complexity index is 2000. The van der Waals surface area contributed by atoms with Gasteiger partial charge in [0, 0.05) is 26.8 Å². The van der Waals surface area contributed by atoms with E-state index in [1.165, 1.54) is 70.3 Å². The second kappa shape index (κ2) is 7.44. The third kappa shape index (κ3) is 2.79. The molecular weight excluding hydrogens is 466 g/mol. The van der Waals surface area contributed by atoms with E-state index in [1.807, 2.05) is 11.3 Å². The van der Waals surface area contributed by atoms with E-state index in [4.69, 9.17) is 0 Å². The second-order valence-corrected chi connectivity index (χ2v) is 11.6. The first kappa shape index (κ1) is 21.0. The lowest BCUT2D eigenvalue weighted by Gasteiger charge is -2.21. The predicted octanol–water partition coefficient (Wildman–Crippen LogP) is 9.97. The Morgan fingerprint density at radius 3 is 2.24 bits per heavy atom. The largest absolute Gasteiger partial charge is 0.308 e. The molecular formula is C35H25NS. The van der Waals surface area contributed by atoms with Crippen molar-refractivity contribution >= 4 is 43.2 Å². The molecule has 0 saturated carbocycles. The topological polar surface area (TPSA) is 4.93 Å². The maximum absolute atomic E-state index is 2.49. The number of thiophene rings is 1. The number of para-hydroxylation sites is 1. The summed E-state index contributed by atoms with van der Waals surface area (Å²) in [6.07, 6.45) is 0. The van der Waals surface area contributed by atoms with Gasteiger partial charge >= 0.3 is 0 Å². The van der Waals surface area contributed by atoms with Crippen LogP contribution in [0, 0.1) is 0 Å². The number of benzene rings is 5. The Hall–Kier alpha value is -4.14. The van der Waals surface area contributed by atoms with E-state index in [9.17, 15) is 0 Å². The lowest BCUT2D eigenvalue weighted by atomic mass is 9.81. The zero-order chi connectivity index (χ0) is 24.7. The van der Waals surface area contributed by atoms with E-state index in [0.717, 1.165) is 0 Å². The van der Waals surface area contributed by atoms with Gasteiger partial charge in [-0.25, -0.2) is 0 Å². The summed E-state index contributed by atoms with van der Waals surface area (Å²) in [6, 6.07) is 42.2. The number of rotatable bonds is 2. The molecule has 176 valence electrons. The molecule has 8 rings (SSSR count). The molecule has 0 fully saturated rings. The minimum absolute atomic E-state index is 0.0120. The van der Waals surface area contributed by atoms with Crippen LogP contribution in [0.25, 0.3) is 59.1 Å². The van der Waals surface area contributed by atoms with E-state index in [2.05, 4.69) is 134 Å². The van der Waals surface area contributed by atoms with Gasteiger partial charge in [-0.2, -0.15) is 0 Å². The molecule has 0 aliphatic heterocycles.